The summed E-state index contributed by atoms with van der Waals surface area (Å²) >= 11 is 0. The number of rotatable bonds is 3. The Hall–Kier alpha value is -4.08. The molecule has 5 rings (SSSR count). The first kappa shape index (κ1) is 18.0. The predicted molar refractivity (Wildman–Crippen MR) is 104 cm³/mol. The second-order valence-electron chi connectivity index (χ2n) is 6.61. The lowest BCUT2D eigenvalue weighted by atomic mass is 10.1. The largest absolute Gasteiger partial charge is 0.490 e. The van der Waals surface area contributed by atoms with Gasteiger partial charge in [-0.15, -0.1) is 5.10 Å². The van der Waals surface area contributed by atoms with E-state index in [4.69, 9.17) is 9.47 Å². The first-order valence-corrected chi connectivity index (χ1v) is 9.16. The van der Waals surface area contributed by atoms with Crippen molar-refractivity contribution in [1.29, 1.82) is 0 Å². The van der Waals surface area contributed by atoms with Crippen molar-refractivity contribution in [1.82, 2.24) is 19.6 Å². The molecule has 0 saturated heterocycles. The van der Waals surface area contributed by atoms with Gasteiger partial charge in [0, 0.05) is 29.8 Å². The fraction of sp³-hybridized carbons (Fsp3) is 0.150. The van der Waals surface area contributed by atoms with Crippen LogP contribution in [0.5, 0.6) is 11.5 Å². The summed E-state index contributed by atoms with van der Waals surface area (Å²) in [4.78, 5) is 19.0. The molecule has 0 fully saturated rings. The molecule has 0 amide bonds. The third-order valence-corrected chi connectivity index (χ3v) is 4.68. The van der Waals surface area contributed by atoms with Crippen molar-refractivity contribution in [2.45, 2.75) is 6.42 Å². The third-order valence-electron chi connectivity index (χ3n) is 4.68. The highest BCUT2D eigenvalue weighted by atomic mass is 19.1. The predicted octanol–water partition coefficient (Wildman–Crippen LogP) is 3.67. The zero-order valence-corrected chi connectivity index (χ0v) is 15.5. The molecule has 0 bridgehead atoms. The van der Waals surface area contributed by atoms with Gasteiger partial charge >= 0.3 is 5.69 Å². The van der Waals surface area contributed by atoms with Crippen LogP contribution >= 0.6 is 0 Å². The molecule has 0 radical (unpaired) electrons. The van der Waals surface area contributed by atoms with E-state index in [1.807, 2.05) is 6.07 Å². The van der Waals surface area contributed by atoms with Crippen molar-refractivity contribution in [3.8, 4) is 34.1 Å². The van der Waals surface area contributed by atoms with Crippen LogP contribution in [-0.2, 0) is 0 Å². The number of fused-ring (bicyclic) bond motifs is 2. The Labute approximate surface area is 168 Å². The summed E-state index contributed by atoms with van der Waals surface area (Å²) in [6.07, 6.45) is 2.32. The maximum Gasteiger partial charge on any atom is 0.305 e. The fourth-order valence-electron chi connectivity index (χ4n) is 3.25. The Balaban J connectivity index is 1.61. The Morgan fingerprint density at radius 2 is 1.83 bits per heavy atom. The molecule has 0 spiro atoms. The molecule has 1 aliphatic heterocycles. The van der Waals surface area contributed by atoms with Crippen LogP contribution in [0.2, 0.25) is 0 Å². The number of halogens is 1. The average Bonchev–Trinajstić information content (AvgIpc) is 3.05. The van der Waals surface area contributed by atoms with Crippen molar-refractivity contribution >= 4 is 11.5 Å². The van der Waals surface area contributed by atoms with Crippen molar-refractivity contribution in [3.05, 3.63) is 64.6 Å². The van der Waals surface area contributed by atoms with Gasteiger partial charge in [0.05, 0.1) is 23.8 Å². The molecule has 0 atom stereocenters. The van der Waals surface area contributed by atoms with Gasteiger partial charge in [0.1, 0.15) is 0 Å². The maximum absolute atomic E-state index is 13.7. The van der Waals surface area contributed by atoms with E-state index in [9.17, 15) is 14.5 Å². The first-order chi connectivity index (χ1) is 14.6. The number of nitrogens with zero attached hydrogens (tertiary/aromatic N) is 5. The van der Waals surface area contributed by atoms with Gasteiger partial charge in [0.15, 0.2) is 17.3 Å². The zero-order valence-electron chi connectivity index (χ0n) is 15.5. The summed E-state index contributed by atoms with van der Waals surface area (Å²) in [5.41, 5.74) is 1.02. The molecule has 0 aliphatic carbocycles. The maximum atomic E-state index is 13.7. The summed E-state index contributed by atoms with van der Waals surface area (Å²) < 4.78 is 26.6. The van der Waals surface area contributed by atoms with Crippen LogP contribution in [-0.4, -0.2) is 37.7 Å². The summed E-state index contributed by atoms with van der Waals surface area (Å²) in [6, 6.07) is 10.7. The van der Waals surface area contributed by atoms with Gasteiger partial charge in [-0.25, -0.2) is 4.98 Å². The van der Waals surface area contributed by atoms with Crippen LogP contribution in [0.3, 0.4) is 0 Å². The highest BCUT2D eigenvalue weighted by Crippen LogP contribution is 2.34. The van der Waals surface area contributed by atoms with Crippen LogP contribution in [0.15, 0.2) is 48.7 Å². The van der Waals surface area contributed by atoms with Crippen molar-refractivity contribution in [2.24, 2.45) is 0 Å². The van der Waals surface area contributed by atoms with Gasteiger partial charge in [0.2, 0.25) is 5.82 Å². The monoisotopic (exact) mass is 407 g/mol. The minimum Gasteiger partial charge on any atom is -0.490 e. The number of hydrogen-bond donors (Lipinski definition) is 0. The third kappa shape index (κ3) is 3.08. The molecule has 30 heavy (non-hydrogen) atoms. The Morgan fingerprint density at radius 1 is 1.03 bits per heavy atom. The SMILES string of the molecule is O=[N+]([O-])c1cc(-c2ccnc3nc(-c4ccc5c(c4)OCCCO5)nn23)ccc1F. The van der Waals surface area contributed by atoms with Crippen LogP contribution in [0.1, 0.15) is 6.42 Å². The van der Waals surface area contributed by atoms with Gasteiger partial charge in [-0.1, -0.05) is 0 Å². The Morgan fingerprint density at radius 3 is 2.67 bits per heavy atom. The quantitative estimate of drug-likeness (QED) is 0.377. The summed E-state index contributed by atoms with van der Waals surface area (Å²) in [6.45, 7) is 1.15. The van der Waals surface area contributed by atoms with Crippen molar-refractivity contribution < 1.29 is 18.8 Å². The van der Waals surface area contributed by atoms with Gasteiger partial charge in [-0.05, 0) is 36.4 Å². The number of nitro benzene ring substituents is 1. The molecule has 0 unspecified atom stereocenters. The van der Waals surface area contributed by atoms with E-state index in [-0.39, 0.29) is 0 Å². The molecular weight excluding hydrogens is 393 g/mol. The van der Waals surface area contributed by atoms with E-state index < -0.39 is 16.4 Å². The van der Waals surface area contributed by atoms with E-state index in [2.05, 4.69) is 15.1 Å². The van der Waals surface area contributed by atoms with E-state index >= 15 is 0 Å². The molecule has 4 aromatic rings. The van der Waals surface area contributed by atoms with Gasteiger partial charge in [-0.2, -0.15) is 13.9 Å². The van der Waals surface area contributed by atoms with Gasteiger partial charge < -0.3 is 9.47 Å². The van der Waals surface area contributed by atoms with Gasteiger partial charge in [0.25, 0.3) is 5.78 Å². The molecule has 2 aromatic carbocycles. The zero-order chi connectivity index (χ0) is 20.7. The second kappa shape index (κ2) is 7.07. The summed E-state index contributed by atoms with van der Waals surface area (Å²) in [7, 11) is 0. The molecule has 0 saturated carbocycles. The van der Waals surface area contributed by atoms with Crippen molar-refractivity contribution in [2.75, 3.05) is 13.2 Å². The van der Waals surface area contributed by atoms with Crippen LogP contribution in [0.25, 0.3) is 28.4 Å². The van der Waals surface area contributed by atoms with Crippen LogP contribution in [0.4, 0.5) is 10.1 Å². The van der Waals surface area contributed by atoms with Crippen LogP contribution in [0, 0.1) is 15.9 Å². The van der Waals surface area contributed by atoms with Crippen molar-refractivity contribution in [3.63, 3.8) is 0 Å². The van der Waals surface area contributed by atoms with E-state index in [1.165, 1.54) is 22.8 Å². The van der Waals surface area contributed by atoms with E-state index in [1.54, 1.807) is 18.2 Å². The first-order valence-electron chi connectivity index (χ1n) is 9.16. The normalized spacial score (nSPS) is 13.2. The number of benzene rings is 2. The van der Waals surface area contributed by atoms with E-state index in [0.717, 1.165) is 12.5 Å². The number of nitro groups is 1. The summed E-state index contributed by atoms with van der Waals surface area (Å²) in [5.74, 6) is 1.09. The topological polar surface area (TPSA) is 105 Å². The highest BCUT2D eigenvalue weighted by molar-refractivity contribution is 5.67. The molecule has 10 heteroatoms. The number of aromatic nitrogens is 4. The Bertz CT molecular complexity index is 1290. The van der Waals surface area contributed by atoms with Crippen LogP contribution < -0.4 is 9.47 Å². The smallest absolute Gasteiger partial charge is 0.305 e. The van der Waals surface area contributed by atoms with E-state index in [0.29, 0.717) is 53.1 Å². The lowest BCUT2D eigenvalue weighted by Crippen LogP contribution is -1.98. The lowest BCUT2D eigenvalue weighted by molar-refractivity contribution is -0.387. The van der Waals surface area contributed by atoms with Gasteiger partial charge in [-0.3, -0.25) is 10.1 Å². The molecular formula is C20H14FN5O4. The molecule has 1 aliphatic rings. The lowest BCUT2D eigenvalue weighted by Gasteiger charge is -2.07. The summed E-state index contributed by atoms with van der Waals surface area (Å²) in [5, 5.41) is 15.6. The molecule has 0 N–H and O–H groups in total. The molecule has 150 valence electrons. The highest BCUT2D eigenvalue weighted by Gasteiger charge is 2.19. The molecule has 2 aromatic heterocycles. The minimum atomic E-state index is -0.902. The second-order valence-corrected chi connectivity index (χ2v) is 6.61. The number of ether oxygens (including phenoxy) is 2. The molecule has 9 nitrogen and oxygen atoms in total. The Kier molecular flexibility index (Phi) is 4.24. The molecule has 3 heterocycles. The number of hydrogen-bond acceptors (Lipinski definition) is 7. The average molecular weight is 407 g/mol. The fourth-order valence-corrected chi connectivity index (χ4v) is 3.25. The minimum absolute atomic E-state index is 0.307. The standard InChI is InChI=1S/C20H14FN5O4/c21-14-4-2-12(10-16(14)26(27)28)15-6-7-22-20-23-19(24-25(15)20)13-3-5-17-18(11-13)30-9-1-8-29-17/h2-7,10-11H,1,8-9H2.